The van der Waals surface area contributed by atoms with Crippen LogP contribution in [0.4, 0.5) is 5.82 Å². The number of carbonyl (C=O) groups is 1. The summed E-state index contributed by atoms with van der Waals surface area (Å²) < 4.78 is 1.85. The summed E-state index contributed by atoms with van der Waals surface area (Å²) in [5.41, 5.74) is 5.65. The molecule has 3 rings (SSSR count). The Bertz CT molecular complexity index is 877. The number of aryl methyl sites for hydroxylation is 4. The van der Waals surface area contributed by atoms with E-state index in [9.17, 15) is 9.90 Å². The van der Waals surface area contributed by atoms with E-state index in [1.165, 1.54) is 17.7 Å². The Kier molecular flexibility index (Phi) is 8.46. The molecule has 1 aliphatic heterocycles. The van der Waals surface area contributed by atoms with E-state index >= 15 is 0 Å². The van der Waals surface area contributed by atoms with E-state index in [1.54, 1.807) is 0 Å². The lowest BCUT2D eigenvalue weighted by atomic mass is 10.0. The number of nitrogens with zero attached hydrogens (tertiary/aromatic N) is 3. The summed E-state index contributed by atoms with van der Waals surface area (Å²) in [4.78, 5) is 16.4. The van der Waals surface area contributed by atoms with Crippen molar-refractivity contribution in [3.8, 4) is 0 Å². The molecule has 0 saturated carbocycles. The van der Waals surface area contributed by atoms with Crippen LogP contribution < -0.4 is 10.6 Å². The molecular weight excluding hydrogens is 390 g/mol. The minimum Gasteiger partial charge on any atom is -0.480 e. The number of carboxylic acids is 1. The van der Waals surface area contributed by atoms with Crippen molar-refractivity contribution in [3.63, 3.8) is 0 Å². The summed E-state index contributed by atoms with van der Waals surface area (Å²) in [5.74, 6) is 0.305. The van der Waals surface area contributed by atoms with Crippen LogP contribution in [-0.2, 0) is 31.2 Å². The molecule has 0 spiro atoms. The Morgan fingerprint density at radius 1 is 1.23 bits per heavy atom. The van der Waals surface area contributed by atoms with Crippen molar-refractivity contribution in [1.82, 2.24) is 20.1 Å². The van der Waals surface area contributed by atoms with Gasteiger partial charge in [-0.05, 0) is 57.6 Å². The average molecular weight is 428 g/mol. The molecule has 1 aliphatic rings. The van der Waals surface area contributed by atoms with Crippen molar-refractivity contribution < 1.29 is 9.90 Å². The summed E-state index contributed by atoms with van der Waals surface area (Å²) in [6.45, 7) is 5.56. The number of carboxylic acid groups (broad SMARTS) is 1. The highest BCUT2D eigenvalue weighted by molar-refractivity contribution is 5.73. The molecule has 7 heteroatoms. The molecule has 2 aromatic heterocycles. The number of hydrogen-bond acceptors (Lipinski definition) is 5. The summed E-state index contributed by atoms with van der Waals surface area (Å²) in [5, 5.41) is 20.6. The van der Waals surface area contributed by atoms with Crippen LogP contribution in [0, 0.1) is 13.8 Å². The molecular formula is C24H37N5O2. The number of rotatable bonds is 12. The van der Waals surface area contributed by atoms with Gasteiger partial charge in [-0.15, -0.1) is 0 Å². The number of anilines is 1. The minimum absolute atomic E-state index is 0.508. The van der Waals surface area contributed by atoms with Crippen molar-refractivity contribution >= 4 is 11.8 Å². The van der Waals surface area contributed by atoms with Crippen LogP contribution in [0.3, 0.4) is 0 Å². The molecule has 2 aromatic rings. The molecule has 1 unspecified atom stereocenters. The maximum atomic E-state index is 11.6. The summed E-state index contributed by atoms with van der Waals surface area (Å²) in [6.07, 6.45) is 9.40. The first-order valence-corrected chi connectivity index (χ1v) is 11.6. The van der Waals surface area contributed by atoms with Crippen molar-refractivity contribution in [2.24, 2.45) is 7.05 Å². The Morgan fingerprint density at radius 2 is 2.00 bits per heavy atom. The zero-order valence-corrected chi connectivity index (χ0v) is 19.2. The standard InChI is InChI=1S/C24H37N5O2/c1-17-21(18(2)29(3)28-17)16-26-22(24(30)31)12-8-6-4-5-7-11-20-14-13-19-10-9-15-25-23(19)27-20/h13-14,22,26H,4-12,15-16H2,1-3H3,(H,25,27)(H,30,31). The molecule has 0 amide bonds. The Labute approximate surface area is 185 Å². The minimum atomic E-state index is -0.772. The van der Waals surface area contributed by atoms with E-state index in [0.29, 0.717) is 13.0 Å². The van der Waals surface area contributed by atoms with Gasteiger partial charge in [0.05, 0.1) is 5.69 Å². The average Bonchev–Trinajstić information content (AvgIpc) is 3.00. The molecule has 170 valence electrons. The Morgan fingerprint density at radius 3 is 2.74 bits per heavy atom. The molecule has 0 aliphatic carbocycles. The first-order valence-electron chi connectivity index (χ1n) is 11.6. The smallest absolute Gasteiger partial charge is 0.320 e. The lowest BCUT2D eigenvalue weighted by molar-refractivity contribution is -0.139. The van der Waals surface area contributed by atoms with Crippen LogP contribution in [0.15, 0.2) is 12.1 Å². The highest BCUT2D eigenvalue weighted by Gasteiger charge is 2.18. The molecule has 7 nitrogen and oxygen atoms in total. The van der Waals surface area contributed by atoms with Gasteiger partial charge in [0.15, 0.2) is 0 Å². The Balaban J connectivity index is 1.32. The van der Waals surface area contributed by atoms with Crippen molar-refractivity contribution in [2.45, 2.75) is 84.2 Å². The molecule has 3 N–H and O–H groups in total. The van der Waals surface area contributed by atoms with Gasteiger partial charge in [-0.3, -0.25) is 9.48 Å². The van der Waals surface area contributed by atoms with Gasteiger partial charge in [-0.1, -0.05) is 31.7 Å². The molecule has 0 fully saturated rings. The normalized spacial score (nSPS) is 14.2. The maximum absolute atomic E-state index is 11.6. The van der Waals surface area contributed by atoms with Crippen LogP contribution in [0.5, 0.6) is 0 Å². The zero-order chi connectivity index (χ0) is 22.2. The third-order valence-electron chi connectivity index (χ3n) is 6.36. The van der Waals surface area contributed by atoms with Gasteiger partial charge in [-0.25, -0.2) is 4.98 Å². The van der Waals surface area contributed by atoms with E-state index in [0.717, 1.165) is 74.3 Å². The number of fused-ring (bicyclic) bond motifs is 1. The topological polar surface area (TPSA) is 92.1 Å². The van der Waals surface area contributed by atoms with Gasteiger partial charge in [0.1, 0.15) is 11.9 Å². The predicted molar refractivity (Wildman–Crippen MR) is 123 cm³/mol. The van der Waals surface area contributed by atoms with E-state index in [1.807, 2.05) is 25.6 Å². The SMILES string of the molecule is Cc1nn(C)c(C)c1CNC(CCCCCCCc1ccc2c(n1)NCCC2)C(=O)O. The van der Waals surface area contributed by atoms with Crippen LogP contribution in [0.2, 0.25) is 0 Å². The second-order valence-corrected chi connectivity index (χ2v) is 8.69. The molecule has 0 saturated heterocycles. The predicted octanol–water partition coefficient (Wildman–Crippen LogP) is 3.92. The number of unbranched alkanes of at least 4 members (excludes halogenated alkanes) is 4. The van der Waals surface area contributed by atoms with Crippen LogP contribution in [-0.4, -0.2) is 38.4 Å². The number of hydrogen-bond donors (Lipinski definition) is 3. The highest BCUT2D eigenvalue weighted by atomic mass is 16.4. The van der Waals surface area contributed by atoms with E-state index in [4.69, 9.17) is 4.98 Å². The van der Waals surface area contributed by atoms with Gasteiger partial charge in [0, 0.05) is 37.1 Å². The first-order chi connectivity index (χ1) is 15.0. The lowest BCUT2D eigenvalue weighted by Crippen LogP contribution is -2.36. The van der Waals surface area contributed by atoms with Gasteiger partial charge in [-0.2, -0.15) is 5.10 Å². The fourth-order valence-electron chi connectivity index (χ4n) is 4.30. The quantitative estimate of drug-likeness (QED) is 0.445. The Hall–Kier alpha value is -2.41. The molecule has 0 radical (unpaired) electrons. The zero-order valence-electron chi connectivity index (χ0n) is 19.2. The first kappa shape index (κ1) is 23.3. The van der Waals surface area contributed by atoms with Gasteiger partial charge < -0.3 is 15.7 Å². The van der Waals surface area contributed by atoms with Crippen molar-refractivity contribution in [1.29, 1.82) is 0 Å². The lowest BCUT2D eigenvalue weighted by Gasteiger charge is -2.17. The highest BCUT2D eigenvalue weighted by Crippen LogP contribution is 2.20. The number of pyridine rings is 1. The fraction of sp³-hybridized carbons (Fsp3) is 0.625. The number of aromatic nitrogens is 3. The second-order valence-electron chi connectivity index (χ2n) is 8.69. The fourth-order valence-corrected chi connectivity index (χ4v) is 4.30. The van der Waals surface area contributed by atoms with Crippen LogP contribution >= 0.6 is 0 Å². The van der Waals surface area contributed by atoms with Crippen molar-refractivity contribution in [3.05, 3.63) is 40.3 Å². The monoisotopic (exact) mass is 427 g/mol. The summed E-state index contributed by atoms with van der Waals surface area (Å²) >= 11 is 0. The largest absolute Gasteiger partial charge is 0.480 e. The van der Waals surface area contributed by atoms with Gasteiger partial charge in [0.2, 0.25) is 0 Å². The van der Waals surface area contributed by atoms with Gasteiger partial charge in [0.25, 0.3) is 0 Å². The molecule has 31 heavy (non-hydrogen) atoms. The van der Waals surface area contributed by atoms with E-state index < -0.39 is 12.0 Å². The van der Waals surface area contributed by atoms with Crippen molar-refractivity contribution in [2.75, 3.05) is 11.9 Å². The van der Waals surface area contributed by atoms with Gasteiger partial charge >= 0.3 is 5.97 Å². The molecule has 1 atom stereocenters. The summed E-state index contributed by atoms with van der Waals surface area (Å²) in [7, 11) is 1.92. The molecule has 3 heterocycles. The van der Waals surface area contributed by atoms with Crippen LogP contribution in [0.1, 0.15) is 73.2 Å². The van der Waals surface area contributed by atoms with E-state index in [2.05, 4.69) is 27.9 Å². The van der Waals surface area contributed by atoms with E-state index in [-0.39, 0.29) is 0 Å². The molecule has 0 bridgehead atoms. The third kappa shape index (κ3) is 6.53. The number of aliphatic carboxylic acids is 1. The molecule has 0 aromatic carbocycles. The maximum Gasteiger partial charge on any atom is 0.320 e. The number of nitrogens with one attached hydrogen (secondary N) is 2. The second kappa shape index (κ2) is 11.3. The summed E-state index contributed by atoms with van der Waals surface area (Å²) in [6, 6.07) is 3.88. The third-order valence-corrected chi connectivity index (χ3v) is 6.36. The van der Waals surface area contributed by atoms with Crippen LogP contribution in [0.25, 0.3) is 0 Å².